The Balaban J connectivity index is 1.12. The maximum Gasteiger partial charge on any atom is 0.227 e. The second-order valence-corrected chi connectivity index (χ2v) is 11.3. The number of nitrogens with zero attached hydrogens (tertiary/aromatic N) is 7. The van der Waals surface area contributed by atoms with E-state index in [-0.39, 0.29) is 5.82 Å². The molecule has 1 saturated carbocycles. The molecule has 2 aromatic carbocycles. The third kappa shape index (κ3) is 4.98. The molecule has 41 heavy (non-hydrogen) atoms. The van der Waals surface area contributed by atoms with E-state index in [0.29, 0.717) is 34.8 Å². The van der Waals surface area contributed by atoms with Crippen LogP contribution in [0.2, 0.25) is 0 Å². The summed E-state index contributed by atoms with van der Waals surface area (Å²) in [5, 5.41) is 4.53. The highest BCUT2D eigenvalue weighted by Crippen LogP contribution is 2.39. The van der Waals surface area contributed by atoms with Gasteiger partial charge < -0.3 is 20.5 Å². The first-order valence-electron chi connectivity index (χ1n) is 14.4. The van der Waals surface area contributed by atoms with Crippen LogP contribution >= 0.6 is 0 Å². The highest BCUT2D eigenvalue weighted by Gasteiger charge is 2.30. The van der Waals surface area contributed by atoms with E-state index in [1.54, 1.807) is 18.5 Å². The molecule has 1 aliphatic carbocycles. The molecule has 0 atom stereocenters. The second-order valence-electron chi connectivity index (χ2n) is 11.3. The molecule has 10 heteroatoms. The molecule has 0 bridgehead atoms. The molecule has 5 aromatic rings. The largest absolute Gasteiger partial charge is 0.383 e. The molecular weight excluding hydrogens is 517 g/mol. The fourth-order valence-corrected chi connectivity index (χ4v) is 6.44. The van der Waals surface area contributed by atoms with Crippen molar-refractivity contribution in [1.82, 2.24) is 34.3 Å². The Hall–Kier alpha value is -4.15. The van der Waals surface area contributed by atoms with Crippen molar-refractivity contribution >= 4 is 39.4 Å². The van der Waals surface area contributed by atoms with Crippen LogP contribution in [0.3, 0.4) is 0 Å². The van der Waals surface area contributed by atoms with E-state index < -0.39 is 0 Å². The summed E-state index contributed by atoms with van der Waals surface area (Å²) < 4.78 is 16.3. The first-order chi connectivity index (χ1) is 20.0. The second kappa shape index (κ2) is 10.7. The first kappa shape index (κ1) is 25.8. The van der Waals surface area contributed by atoms with Gasteiger partial charge in [0.05, 0.1) is 16.3 Å². The van der Waals surface area contributed by atoms with Gasteiger partial charge in [-0.2, -0.15) is 0 Å². The van der Waals surface area contributed by atoms with E-state index in [2.05, 4.69) is 65.0 Å². The van der Waals surface area contributed by atoms with Crippen LogP contribution in [0.25, 0.3) is 33.1 Å². The van der Waals surface area contributed by atoms with E-state index >= 15 is 0 Å². The highest BCUT2D eigenvalue weighted by atomic mass is 19.1. The summed E-state index contributed by atoms with van der Waals surface area (Å²) in [7, 11) is 2.21. The van der Waals surface area contributed by atoms with Crippen molar-refractivity contribution in [1.29, 1.82) is 0 Å². The lowest BCUT2D eigenvalue weighted by Gasteiger charge is -2.41. The van der Waals surface area contributed by atoms with Gasteiger partial charge in [-0.15, -0.1) is 0 Å². The van der Waals surface area contributed by atoms with Gasteiger partial charge in [-0.3, -0.25) is 4.90 Å². The number of hydrogen-bond acceptors (Lipinski definition) is 8. The Morgan fingerprint density at radius 3 is 2.44 bits per heavy atom. The lowest BCUT2D eigenvalue weighted by atomic mass is 9.89. The highest BCUT2D eigenvalue weighted by molar-refractivity contribution is 6.00. The zero-order valence-electron chi connectivity index (χ0n) is 23.2. The van der Waals surface area contributed by atoms with Crippen LogP contribution in [-0.2, 0) is 0 Å². The van der Waals surface area contributed by atoms with E-state index in [0.717, 1.165) is 53.8 Å². The number of anilines is 3. The summed E-state index contributed by atoms with van der Waals surface area (Å²) in [6.07, 6.45) is 9.94. The van der Waals surface area contributed by atoms with Crippen molar-refractivity contribution in [3.63, 3.8) is 0 Å². The number of likely N-dealkylation sites (N-methyl/N-ethyl adjacent to an activating group) is 1. The zero-order valence-corrected chi connectivity index (χ0v) is 23.2. The lowest BCUT2D eigenvalue weighted by Crippen LogP contribution is -2.49. The van der Waals surface area contributed by atoms with Gasteiger partial charge in [-0.05, 0) is 62.6 Å². The molecule has 2 aliphatic rings. The van der Waals surface area contributed by atoms with Gasteiger partial charge in [0.2, 0.25) is 5.95 Å². The molecule has 9 nitrogen and oxygen atoms in total. The van der Waals surface area contributed by atoms with Crippen molar-refractivity contribution in [3.8, 4) is 11.1 Å². The summed E-state index contributed by atoms with van der Waals surface area (Å²) in [4.78, 5) is 22.9. The molecule has 4 heterocycles. The minimum absolute atomic E-state index is 0.330. The van der Waals surface area contributed by atoms with Crippen molar-refractivity contribution in [3.05, 3.63) is 67.0 Å². The third-order valence-electron chi connectivity index (χ3n) is 8.78. The van der Waals surface area contributed by atoms with E-state index in [9.17, 15) is 4.39 Å². The van der Waals surface area contributed by atoms with Crippen LogP contribution in [0, 0.1) is 5.82 Å². The Morgan fingerprint density at radius 2 is 1.66 bits per heavy atom. The number of hydrogen-bond donors (Lipinski definition) is 2. The van der Waals surface area contributed by atoms with Crippen LogP contribution in [0.4, 0.5) is 21.8 Å². The smallest absolute Gasteiger partial charge is 0.227 e. The SMILES string of the molecule is CN1CCN(C2CCC(n3cc(-c4ccc(Nc5ncc6c(F)cccc6n5)cc4)c4c(N)ncnc43)CC2)CC1. The number of nitrogens with one attached hydrogen (secondary N) is 1. The molecule has 1 saturated heterocycles. The molecule has 0 spiro atoms. The molecule has 0 unspecified atom stereocenters. The number of nitrogens with two attached hydrogens (primary N) is 1. The minimum atomic E-state index is -0.330. The van der Waals surface area contributed by atoms with Crippen LogP contribution in [-0.4, -0.2) is 73.6 Å². The van der Waals surface area contributed by atoms with Gasteiger partial charge in [0.25, 0.3) is 0 Å². The van der Waals surface area contributed by atoms with Gasteiger partial charge in [0.15, 0.2) is 0 Å². The lowest BCUT2D eigenvalue weighted by molar-refractivity contribution is 0.0828. The van der Waals surface area contributed by atoms with Gasteiger partial charge in [-0.25, -0.2) is 24.3 Å². The number of halogens is 1. The quantitative estimate of drug-likeness (QED) is 0.306. The number of fused-ring (bicyclic) bond motifs is 2. The maximum absolute atomic E-state index is 14.0. The summed E-state index contributed by atoms with van der Waals surface area (Å²) in [5.74, 6) is 0.579. The summed E-state index contributed by atoms with van der Waals surface area (Å²) in [6, 6.07) is 14.0. The molecule has 0 radical (unpaired) electrons. The number of benzene rings is 2. The van der Waals surface area contributed by atoms with E-state index in [1.807, 2.05) is 12.1 Å². The standard InChI is InChI=1S/C31H34FN9/c1-39-13-15-40(16-14-39)22-9-11-23(12-10-22)41-18-25(28-29(33)35-19-36-30(28)41)20-5-7-21(8-6-20)37-31-34-17-24-26(32)3-2-4-27(24)38-31/h2-8,17-19,22-23H,9-16H2,1H3,(H2,33,35,36)(H,34,37,38). The number of piperazine rings is 1. The average molecular weight is 552 g/mol. The van der Waals surface area contributed by atoms with Crippen LogP contribution in [0.1, 0.15) is 31.7 Å². The average Bonchev–Trinajstić information content (AvgIpc) is 3.39. The summed E-state index contributed by atoms with van der Waals surface area (Å²) in [6.45, 7) is 4.65. The van der Waals surface area contributed by atoms with Crippen LogP contribution in [0.5, 0.6) is 0 Å². The Bertz CT molecular complexity index is 1680. The Labute approximate surface area is 238 Å². The van der Waals surface area contributed by atoms with E-state index in [1.165, 1.54) is 38.2 Å². The van der Waals surface area contributed by atoms with Gasteiger partial charge >= 0.3 is 0 Å². The summed E-state index contributed by atoms with van der Waals surface area (Å²) >= 11 is 0. The molecular formula is C31H34FN9. The van der Waals surface area contributed by atoms with Crippen LogP contribution in [0.15, 0.2) is 61.2 Å². The molecule has 3 N–H and O–H groups in total. The molecule has 1 aliphatic heterocycles. The number of rotatable bonds is 5. The maximum atomic E-state index is 14.0. The van der Waals surface area contributed by atoms with E-state index in [4.69, 9.17) is 5.73 Å². The predicted octanol–water partition coefficient (Wildman–Crippen LogP) is 5.24. The van der Waals surface area contributed by atoms with Gasteiger partial charge in [0, 0.05) is 61.9 Å². The summed E-state index contributed by atoms with van der Waals surface area (Å²) in [5.41, 5.74) is 10.8. The number of aromatic nitrogens is 5. The van der Waals surface area contributed by atoms with Gasteiger partial charge in [0.1, 0.15) is 23.6 Å². The monoisotopic (exact) mass is 551 g/mol. The zero-order chi connectivity index (χ0) is 27.9. The molecule has 2 fully saturated rings. The topological polar surface area (TPSA) is 101 Å². The Morgan fingerprint density at radius 1 is 0.902 bits per heavy atom. The van der Waals surface area contributed by atoms with Crippen LogP contribution < -0.4 is 11.1 Å². The minimum Gasteiger partial charge on any atom is -0.383 e. The molecule has 7 rings (SSSR count). The van der Waals surface area contributed by atoms with Crippen molar-refractivity contribution in [2.45, 2.75) is 37.8 Å². The fraction of sp³-hybridized carbons (Fsp3) is 0.355. The van der Waals surface area contributed by atoms with Crippen molar-refractivity contribution < 1.29 is 4.39 Å². The molecule has 0 amide bonds. The predicted molar refractivity (Wildman–Crippen MR) is 161 cm³/mol. The first-order valence-corrected chi connectivity index (χ1v) is 14.4. The Kier molecular flexibility index (Phi) is 6.72. The molecule has 210 valence electrons. The van der Waals surface area contributed by atoms with Gasteiger partial charge in [-0.1, -0.05) is 18.2 Å². The number of nitrogen functional groups attached to an aromatic ring is 1. The van der Waals surface area contributed by atoms with Crippen molar-refractivity contribution in [2.24, 2.45) is 0 Å². The molecule has 3 aromatic heterocycles. The fourth-order valence-electron chi connectivity index (χ4n) is 6.44. The van der Waals surface area contributed by atoms with Crippen molar-refractivity contribution in [2.75, 3.05) is 44.3 Å². The third-order valence-corrected chi connectivity index (χ3v) is 8.78. The normalized spacial score (nSPS) is 20.5.